The van der Waals surface area contributed by atoms with Gasteiger partial charge in [-0.25, -0.2) is 4.79 Å². The summed E-state index contributed by atoms with van der Waals surface area (Å²) in [6, 6.07) is 5.39. The number of nitrogens with two attached hydrogens (primary N) is 1. The number of nitrogen functional groups attached to an aromatic ring is 1. The monoisotopic (exact) mass is 291 g/mol. The Kier molecular flexibility index (Phi) is 5.03. The Morgan fingerprint density at radius 3 is 2.76 bits per heavy atom. The van der Waals surface area contributed by atoms with Crippen LogP contribution in [-0.2, 0) is 9.53 Å². The summed E-state index contributed by atoms with van der Waals surface area (Å²) in [6.07, 6.45) is 3.44. The zero-order chi connectivity index (χ0) is 15.2. The van der Waals surface area contributed by atoms with E-state index in [-0.39, 0.29) is 5.91 Å². The number of nitrogens with one attached hydrogen (secondary N) is 2. The third-order valence-corrected chi connectivity index (χ3v) is 3.31. The van der Waals surface area contributed by atoms with E-state index in [0.717, 1.165) is 24.9 Å². The summed E-state index contributed by atoms with van der Waals surface area (Å²) >= 11 is 0. The van der Waals surface area contributed by atoms with E-state index in [0.29, 0.717) is 30.3 Å². The first kappa shape index (κ1) is 15.2. The van der Waals surface area contributed by atoms with Crippen LogP contribution in [-0.4, -0.2) is 31.6 Å². The highest BCUT2D eigenvalue weighted by Gasteiger charge is 2.22. The molecule has 0 spiro atoms. The second-order valence-corrected chi connectivity index (χ2v) is 5.17. The van der Waals surface area contributed by atoms with E-state index in [4.69, 9.17) is 5.73 Å². The summed E-state index contributed by atoms with van der Waals surface area (Å²) in [6.45, 7) is 0.653. The van der Waals surface area contributed by atoms with Crippen LogP contribution in [0.2, 0.25) is 0 Å². The van der Waals surface area contributed by atoms with E-state index in [1.54, 1.807) is 18.2 Å². The maximum Gasteiger partial charge on any atom is 0.337 e. The molecule has 6 heteroatoms. The summed E-state index contributed by atoms with van der Waals surface area (Å²) in [5.41, 5.74) is 7.54. The SMILES string of the molecule is COC(=O)c1ccc(NCCCC(=O)NC2CC2)c(N)c1. The van der Waals surface area contributed by atoms with Crippen molar-refractivity contribution >= 4 is 23.3 Å². The van der Waals surface area contributed by atoms with Crippen LogP contribution in [0.5, 0.6) is 0 Å². The Hall–Kier alpha value is -2.24. The molecule has 4 N–H and O–H groups in total. The first-order chi connectivity index (χ1) is 10.1. The van der Waals surface area contributed by atoms with Crippen molar-refractivity contribution in [1.29, 1.82) is 0 Å². The van der Waals surface area contributed by atoms with Crippen LogP contribution in [0.3, 0.4) is 0 Å². The molecule has 1 saturated carbocycles. The molecule has 1 aliphatic carbocycles. The van der Waals surface area contributed by atoms with Gasteiger partial charge in [0.05, 0.1) is 24.0 Å². The molecule has 1 amide bonds. The minimum absolute atomic E-state index is 0.105. The molecular weight excluding hydrogens is 270 g/mol. The van der Waals surface area contributed by atoms with Gasteiger partial charge in [-0.15, -0.1) is 0 Å². The number of rotatable bonds is 7. The summed E-state index contributed by atoms with van der Waals surface area (Å²) in [7, 11) is 1.33. The topological polar surface area (TPSA) is 93.4 Å². The predicted octanol–water partition coefficient (Wildman–Crippen LogP) is 1.53. The van der Waals surface area contributed by atoms with E-state index >= 15 is 0 Å². The number of carbonyl (C=O) groups excluding carboxylic acids is 2. The molecule has 0 radical (unpaired) electrons. The fourth-order valence-corrected chi connectivity index (χ4v) is 1.97. The van der Waals surface area contributed by atoms with Crippen molar-refractivity contribution in [3.8, 4) is 0 Å². The molecule has 0 atom stereocenters. The van der Waals surface area contributed by atoms with Gasteiger partial charge in [-0.1, -0.05) is 0 Å². The van der Waals surface area contributed by atoms with Crippen LogP contribution in [0.4, 0.5) is 11.4 Å². The molecule has 0 saturated heterocycles. The molecule has 1 aliphatic rings. The van der Waals surface area contributed by atoms with Crippen molar-refractivity contribution in [2.45, 2.75) is 31.7 Å². The molecule has 114 valence electrons. The van der Waals surface area contributed by atoms with E-state index < -0.39 is 5.97 Å². The van der Waals surface area contributed by atoms with Crippen LogP contribution >= 0.6 is 0 Å². The molecule has 0 bridgehead atoms. The highest BCUT2D eigenvalue weighted by Crippen LogP contribution is 2.21. The molecule has 0 aromatic heterocycles. The van der Waals surface area contributed by atoms with Gasteiger partial charge < -0.3 is 21.1 Å². The van der Waals surface area contributed by atoms with Crippen LogP contribution in [0.25, 0.3) is 0 Å². The maximum absolute atomic E-state index is 11.5. The maximum atomic E-state index is 11.5. The molecule has 0 heterocycles. The molecule has 6 nitrogen and oxygen atoms in total. The van der Waals surface area contributed by atoms with Gasteiger partial charge in [-0.05, 0) is 37.5 Å². The quantitative estimate of drug-likeness (QED) is 0.402. The normalized spacial score (nSPS) is 13.6. The first-order valence-electron chi connectivity index (χ1n) is 7.11. The highest BCUT2D eigenvalue weighted by molar-refractivity contribution is 5.91. The Balaban J connectivity index is 1.74. The first-order valence-corrected chi connectivity index (χ1v) is 7.11. The zero-order valence-electron chi connectivity index (χ0n) is 12.1. The van der Waals surface area contributed by atoms with E-state index in [9.17, 15) is 9.59 Å². The lowest BCUT2D eigenvalue weighted by Gasteiger charge is -2.10. The van der Waals surface area contributed by atoms with Crippen molar-refractivity contribution in [3.05, 3.63) is 23.8 Å². The number of anilines is 2. The smallest absolute Gasteiger partial charge is 0.337 e. The number of methoxy groups -OCH3 is 1. The third kappa shape index (κ3) is 4.66. The lowest BCUT2D eigenvalue weighted by atomic mass is 10.1. The molecule has 21 heavy (non-hydrogen) atoms. The van der Waals surface area contributed by atoms with Gasteiger partial charge in [-0.3, -0.25) is 4.79 Å². The van der Waals surface area contributed by atoms with Crippen molar-refractivity contribution in [3.63, 3.8) is 0 Å². The molecule has 1 aromatic carbocycles. The third-order valence-electron chi connectivity index (χ3n) is 3.31. The minimum atomic E-state index is -0.412. The molecule has 1 aromatic rings. The summed E-state index contributed by atoms with van der Waals surface area (Å²) in [4.78, 5) is 22.9. The predicted molar refractivity (Wildman–Crippen MR) is 81.1 cm³/mol. The van der Waals surface area contributed by atoms with Crippen LogP contribution in [0, 0.1) is 0 Å². The van der Waals surface area contributed by atoms with Crippen molar-refractivity contribution in [2.75, 3.05) is 24.7 Å². The van der Waals surface area contributed by atoms with E-state index in [2.05, 4.69) is 15.4 Å². The zero-order valence-corrected chi connectivity index (χ0v) is 12.1. The standard InChI is InChI=1S/C15H21N3O3/c1-21-15(20)10-4-7-13(12(16)9-10)17-8-2-3-14(19)18-11-5-6-11/h4,7,9,11,17H,2-3,5-6,8,16H2,1H3,(H,18,19). The van der Waals surface area contributed by atoms with Gasteiger partial charge >= 0.3 is 5.97 Å². The summed E-state index contributed by atoms with van der Waals surface area (Å²) < 4.78 is 4.63. The summed E-state index contributed by atoms with van der Waals surface area (Å²) in [5, 5.41) is 6.11. The minimum Gasteiger partial charge on any atom is -0.465 e. The number of carbonyl (C=O) groups is 2. The van der Waals surface area contributed by atoms with Crippen LogP contribution < -0.4 is 16.4 Å². The number of amides is 1. The Morgan fingerprint density at radius 1 is 1.38 bits per heavy atom. The largest absolute Gasteiger partial charge is 0.465 e. The molecule has 0 aliphatic heterocycles. The second kappa shape index (κ2) is 6.97. The van der Waals surface area contributed by atoms with Crippen LogP contribution in [0.15, 0.2) is 18.2 Å². The van der Waals surface area contributed by atoms with E-state index in [1.807, 2.05) is 0 Å². The lowest BCUT2D eigenvalue weighted by Crippen LogP contribution is -2.25. The fraction of sp³-hybridized carbons (Fsp3) is 0.467. The Bertz CT molecular complexity index is 527. The number of hydrogen-bond acceptors (Lipinski definition) is 5. The average Bonchev–Trinajstić information content (AvgIpc) is 3.27. The molecule has 2 rings (SSSR count). The Morgan fingerprint density at radius 2 is 2.14 bits per heavy atom. The van der Waals surface area contributed by atoms with Crippen LogP contribution in [0.1, 0.15) is 36.0 Å². The average molecular weight is 291 g/mol. The number of ether oxygens (including phenoxy) is 1. The number of benzene rings is 1. The fourth-order valence-electron chi connectivity index (χ4n) is 1.97. The second-order valence-electron chi connectivity index (χ2n) is 5.17. The Labute approximate surface area is 124 Å². The highest BCUT2D eigenvalue weighted by atomic mass is 16.5. The summed E-state index contributed by atoms with van der Waals surface area (Å²) in [5.74, 6) is -0.307. The van der Waals surface area contributed by atoms with Crippen molar-refractivity contribution in [1.82, 2.24) is 5.32 Å². The van der Waals surface area contributed by atoms with Gasteiger partial charge in [0.2, 0.25) is 5.91 Å². The number of esters is 1. The van der Waals surface area contributed by atoms with Gasteiger partial charge in [-0.2, -0.15) is 0 Å². The van der Waals surface area contributed by atoms with Crippen molar-refractivity contribution in [2.24, 2.45) is 0 Å². The molecular formula is C15H21N3O3. The molecule has 0 unspecified atom stereocenters. The van der Waals surface area contributed by atoms with E-state index in [1.165, 1.54) is 7.11 Å². The van der Waals surface area contributed by atoms with Gasteiger partial charge in [0.25, 0.3) is 0 Å². The van der Waals surface area contributed by atoms with Gasteiger partial charge in [0.15, 0.2) is 0 Å². The van der Waals surface area contributed by atoms with Gasteiger partial charge in [0.1, 0.15) is 0 Å². The van der Waals surface area contributed by atoms with Gasteiger partial charge in [0, 0.05) is 19.0 Å². The molecule has 1 fully saturated rings. The van der Waals surface area contributed by atoms with Crippen molar-refractivity contribution < 1.29 is 14.3 Å². The lowest BCUT2D eigenvalue weighted by molar-refractivity contribution is -0.121. The number of hydrogen-bond donors (Lipinski definition) is 3.